The van der Waals surface area contributed by atoms with E-state index < -0.39 is 0 Å². The molecule has 0 aliphatic heterocycles. The van der Waals surface area contributed by atoms with Crippen molar-refractivity contribution in [3.05, 3.63) is 119 Å². The van der Waals surface area contributed by atoms with Crippen molar-refractivity contribution in [1.82, 2.24) is 0 Å². The monoisotopic (exact) mass is 267 g/mol. The molecule has 3 aromatic carbocycles. The van der Waals surface area contributed by atoms with Gasteiger partial charge in [-0.05, 0) is 16.7 Å². The lowest BCUT2D eigenvalue weighted by Gasteiger charge is -2.05. The van der Waals surface area contributed by atoms with Gasteiger partial charge in [-0.3, -0.25) is 0 Å². The summed E-state index contributed by atoms with van der Waals surface area (Å²) >= 11 is 0. The first kappa shape index (κ1) is 13.2. The smallest absolute Gasteiger partial charge is 0.0400 e. The van der Waals surface area contributed by atoms with Crippen LogP contribution in [0.5, 0.6) is 0 Å². The van der Waals surface area contributed by atoms with Crippen molar-refractivity contribution in [2.24, 2.45) is 0 Å². The topological polar surface area (TPSA) is 0 Å². The normalized spacial score (nSPS) is 9.71. The van der Waals surface area contributed by atoms with E-state index >= 15 is 0 Å². The van der Waals surface area contributed by atoms with Crippen molar-refractivity contribution in [3.8, 4) is 0 Å². The van der Waals surface area contributed by atoms with Gasteiger partial charge in [0.15, 0.2) is 0 Å². The SMILES string of the molecule is [C](=C=C(c1ccccc1)c1ccccc1)c1ccccc1. The van der Waals surface area contributed by atoms with Crippen LogP contribution >= 0.6 is 0 Å². The second-order valence-electron chi connectivity index (χ2n) is 4.72. The van der Waals surface area contributed by atoms with Gasteiger partial charge in [0.1, 0.15) is 0 Å². The highest BCUT2D eigenvalue weighted by atomic mass is 14.1. The molecule has 0 nitrogen and oxygen atoms in total. The lowest BCUT2D eigenvalue weighted by molar-refractivity contribution is 1.53. The molecule has 0 atom stereocenters. The Morgan fingerprint density at radius 3 is 1.43 bits per heavy atom. The minimum absolute atomic E-state index is 1.03. The molecule has 0 fully saturated rings. The largest absolute Gasteiger partial charge is 0.102 e. The van der Waals surface area contributed by atoms with E-state index in [-0.39, 0.29) is 0 Å². The second-order valence-corrected chi connectivity index (χ2v) is 4.72. The van der Waals surface area contributed by atoms with Gasteiger partial charge in [0.25, 0.3) is 0 Å². The zero-order chi connectivity index (χ0) is 14.3. The molecule has 0 heteroatoms. The molecule has 0 bridgehead atoms. The van der Waals surface area contributed by atoms with Crippen LogP contribution in [0.1, 0.15) is 16.7 Å². The van der Waals surface area contributed by atoms with Crippen LogP contribution in [0.3, 0.4) is 0 Å². The first-order valence-electron chi connectivity index (χ1n) is 6.98. The maximum atomic E-state index is 3.34. The summed E-state index contributed by atoms with van der Waals surface area (Å²) in [4.78, 5) is 0. The van der Waals surface area contributed by atoms with E-state index in [1.807, 2.05) is 66.7 Å². The molecule has 0 spiro atoms. The van der Waals surface area contributed by atoms with Crippen LogP contribution < -0.4 is 0 Å². The highest BCUT2D eigenvalue weighted by molar-refractivity contribution is 5.79. The summed E-state index contributed by atoms with van der Waals surface area (Å²) in [7, 11) is 0. The molecule has 0 N–H and O–H groups in total. The zero-order valence-corrected chi connectivity index (χ0v) is 11.7. The van der Waals surface area contributed by atoms with Crippen LogP contribution in [0, 0.1) is 6.08 Å². The minimum atomic E-state index is 1.03. The van der Waals surface area contributed by atoms with Gasteiger partial charge >= 0.3 is 0 Å². The Balaban J connectivity index is 2.11. The van der Waals surface area contributed by atoms with Crippen LogP contribution in [0.4, 0.5) is 0 Å². The van der Waals surface area contributed by atoms with E-state index in [1.54, 1.807) is 0 Å². The zero-order valence-electron chi connectivity index (χ0n) is 11.7. The van der Waals surface area contributed by atoms with Crippen molar-refractivity contribution in [3.63, 3.8) is 0 Å². The first-order valence-corrected chi connectivity index (χ1v) is 6.98. The van der Waals surface area contributed by atoms with Gasteiger partial charge in [0.2, 0.25) is 0 Å². The first-order chi connectivity index (χ1) is 10.4. The number of benzene rings is 3. The average Bonchev–Trinajstić information content (AvgIpc) is 2.58. The fraction of sp³-hybridized carbons (Fsp3) is 0. The number of rotatable bonds is 3. The van der Waals surface area contributed by atoms with E-state index in [0.29, 0.717) is 0 Å². The molecule has 0 heterocycles. The molecular weight excluding hydrogens is 252 g/mol. The lowest BCUT2D eigenvalue weighted by Crippen LogP contribution is -1.85. The summed E-state index contributed by atoms with van der Waals surface area (Å²) in [6.07, 6.45) is 3.25. The summed E-state index contributed by atoms with van der Waals surface area (Å²) in [5.74, 6) is 0. The maximum Gasteiger partial charge on any atom is 0.0400 e. The fourth-order valence-electron chi connectivity index (χ4n) is 2.18. The van der Waals surface area contributed by atoms with Gasteiger partial charge in [0, 0.05) is 11.6 Å². The highest BCUT2D eigenvalue weighted by Crippen LogP contribution is 2.21. The molecule has 1 radical (unpaired) electrons. The molecule has 3 rings (SSSR count). The summed E-state index contributed by atoms with van der Waals surface area (Å²) in [6, 6.07) is 30.7. The highest BCUT2D eigenvalue weighted by Gasteiger charge is 2.02. The van der Waals surface area contributed by atoms with E-state index in [2.05, 4.69) is 36.1 Å². The Morgan fingerprint density at radius 2 is 0.952 bits per heavy atom. The van der Waals surface area contributed by atoms with E-state index in [1.165, 1.54) is 0 Å². The molecule has 0 aliphatic rings. The van der Waals surface area contributed by atoms with Gasteiger partial charge in [-0.2, -0.15) is 0 Å². The average molecular weight is 267 g/mol. The predicted octanol–water partition coefficient (Wildman–Crippen LogP) is 5.12. The Kier molecular flexibility index (Phi) is 4.12. The van der Waals surface area contributed by atoms with Gasteiger partial charge in [-0.25, -0.2) is 0 Å². The summed E-state index contributed by atoms with van der Waals surface area (Å²) in [6.45, 7) is 0. The van der Waals surface area contributed by atoms with E-state index in [9.17, 15) is 0 Å². The maximum absolute atomic E-state index is 3.34. The number of hydrogen-bond acceptors (Lipinski definition) is 0. The summed E-state index contributed by atoms with van der Waals surface area (Å²) < 4.78 is 0. The number of hydrogen-bond donors (Lipinski definition) is 0. The second kappa shape index (κ2) is 6.56. The van der Waals surface area contributed by atoms with Crippen molar-refractivity contribution < 1.29 is 0 Å². The van der Waals surface area contributed by atoms with Crippen LogP contribution in [0.2, 0.25) is 0 Å². The van der Waals surface area contributed by atoms with Crippen LogP contribution in [0.15, 0.2) is 96.7 Å². The molecule has 0 unspecified atom stereocenters. The van der Waals surface area contributed by atoms with Crippen LogP contribution in [0.25, 0.3) is 5.57 Å². The Bertz CT molecular complexity index is 705. The molecule has 99 valence electrons. The van der Waals surface area contributed by atoms with E-state index in [0.717, 1.165) is 22.3 Å². The lowest BCUT2D eigenvalue weighted by atomic mass is 9.98. The van der Waals surface area contributed by atoms with Crippen molar-refractivity contribution in [2.75, 3.05) is 0 Å². The predicted molar refractivity (Wildman–Crippen MR) is 87.7 cm³/mol. The molecule has 0 aromatic heterocycles. The van der Waals surface area contributed by atoms with E-state index in [4.69, 9.17) is 0 Å². The Hall–Kier alpha value is -2.82. The van der Waals surface area contributed by atoms with Gasteiger partial charge in [0.05, 0.1) is 0 Å². The molecule has 21 heavy (non-hydrogen) atoms. The minimum Gasteiger partial charge on any atom is -0.102 e. The summed E-state index contributed by atoms with van der Waals surface area (Å²) in [5, 5.41) is 0. The van der Waals surface area contributed by atoms with Crippen molar-refractivity contribution in [2.45, 2.75) is 0 Å². The third-order valence-corrected chi connectivity index (χ3v) is 3.23. The molecule has 3 aromatic rings. The Morgan fingerprint density at radius 1 is 0.524 bits per heavy atom. The Labute approximate surface area is 125 Å². The standard InChI is InChI=1S/C21H15/c1-4-10-18(11-5-1)16-17-21(19-12-6-2-7-13-19)20-14-8-3-9-15-20/h1-15H. The van der Waals surface area contributed by atoms with Gasteiger partial charge in [-0.1, -0.05) is 91.0 Å². The molecule has 0 aliphatic carbocycles. The summed E-state index contributed by atoms with van der Waals surface area (Å²) in [5.41, 5.74) is 7.71. The van der Waals surface area contributed by atoms with Crippen molar-refractivity contribution >= 4 is 5.57 Å². The third kappa shape index (κ3) is 3.39. The van der Waals surface area contributed by atoms with Crippen LogP contribution in [-0.2, 0) is 0 Å². The molecule has 0 amide bonds. The third-order valence-electron chi connectivity index (χ3n) is 3.23. The molecule has 0 saturated heterocycles. The van der Waals surface area contributed by atoms with Gasteiger partial charge < -0.3 is 0 Å². The molecule has 0 saturated carbocycles. The van der Waals surface area contributed by atoms with Crippen LogP contribution in [-0.4, -0.2) is 0 Å². The fourth-order valence-corrected chi connectivity index (χ4v) is 2.18. The van der Waals surface area contributed by atoms with Crippen molar-refractivity contribution in [1.29, 1.82) is 0 Å². The molecular formula is C21H15. The quantitative estimate of drug-likeness (QED) is 0.577. The van der Waals surface area contributed by atoms with Gasteiger partial charge in [-0.15, -0.1) is 5.73 Å².